The van der Waals surface area contributed by atoms with E-state index >= 15 is 0 Å². The zero-order chi connectivity index (χ0) is 12.0. The second kappa shape index (κ2) is 6.14. The van der Waals surface area contributed by atoms with Crippen LogP contribution in [0.4, 0.5) is 0 Å². The van der Waals surface area contributed by atoms with E-state index in [4.69, 9.17) is 10.00 Å². The molecule has 0 spiro atoms. The molecule has 0 saturated carbocycles. The standard InChI is InChI=1S/C13H17NO2/c1-3-11(9-14)16-12-7-5-10(6-8-12)13(15)4-2/h5-8,11,13,15H,3-4H2,1-2H3/t11?,13-/m1/s1. The number of hydrogen-bond acceptors (Lipinski definition) is 3. The number of benzene rings is 1. The number of rotatable bonds is 5. The van der Waals surface area contributed by atoms with Gasteiger partial charge in [0, 0.05) is 0 Å². The molecule has 86 valence electrons. The smallest absolute Gasteiger partial charge is 0.184 e. The van der Waals surface area contributed by atoms with Gasteiger partial charge in [0.05, 0.1) is 6.10 Å². The fraction of sp³-hybridized carbons (Fsp3) is 0.462. The number of aliphatic hydroxyl groups excluding tert-OH is 1. The Bertz CT molecular complexity index is 353. The maximum atomic E-state index is 9.60. The normalized spacial score (nSPS) is 13.9. The van der Waals surface area contributed by atoms with Gasteiger partial charge >= 0.3 is 0 Å². The summed E-state index contributed by atoms with van der Waals surface area (Å²) in [6.45, 7) is 3.83. The molecule has 3 heteroatoms. The van der Waals surface area contributed by atoms with Crippen LogP contribution in [0.1, 0.15) is 38.4 Å². The van der Waals surface area contributed by atoms with Crippen molar-refractivity contribution in [3.8, 4) is 11.8 Å². The predicted molar refractivity (Wildman–Crippen MR) is 62.0 cm³/mol. The minimum atomic E-state index is -0.424. The number of ether oxygens (including phenoxy) is 1. The minimum absolute atomic E-state index is 0.401. The molecule has 0 aliphatic rings. The highest BCUT2D eigenvalue weighted by Crippen LogP contribution is 2.20. The molecule has 1 rings (SSSR count). The van der Waals surface area contributed by atoms with E-state index in [1.165, 1.54) is 0 Å². The van der Waals surface area contributed by atoms with Crippen LogP contribution in [-0.4, -0.2) is 11.2 Å². The van der Waals surface area contributed by atoms with Crippen LogP contribution in [0.2, 0.25) is 0 Å². The van der Waals surface area contributed by atoms with Gasteiger partial charge in [0.15, 0.2) is 6.10 Å². The molecule has 1 aromatic rings. The van der Waals surface area contributed by atoms with Gasteiger partial charge in [0.1, 0.15) is 11.8 Å². The molecule has 0 radical (unpaired) electrons. The van der Waals surface area contributed by atoms with Gasteiger partial charge in [-0.3, -0.25) is 0 Å². The molecular formula is C13H17NO2. The lowest BCUT2D eigenvalue weighted by Crippen LogP contribution is -2.12. The van der Waals surface area contributed by atoms with Crippen LogP contribution in [0.15, 0.2) is 24.3 Å². The monoisotopic (exact) mass is 219 g/mol. The summed E-state index contributed by atoms with van der Waals surface area (Å²) in [4.78, 5) is 0. The molecule has 0 heterocycles. The molecule has 0 fully saturated rings. The van der Waals surface area contributed by atoms with Gasteiger partial charge in [-0.1, -0.05) is 26.0 Å². The van der Waals surface area contributed by atoms with Gasteiger partial charge in [-0.15, -0.1) is 0 Å². The lowest BCUT2D eigenvalue weighted by Gasteiger charge is -2.12. The van der Waals surface area contributed by atoms with Crippen molar-refractivity contribution < 1.29 is 9.84 Å². The maximum Gasteiger partial charge on any atom is 0.184 e. The van der Waals surface area contributed by atoms with E-state index in [1.54, 1.807) is 12.1 Å². The second-order valence-corrected chi connectivity index (χ2v) is 3.64. The van der Waals surface area contributed by atoms with Crippen LogP contribution in [0, 0.1) is 11.3 Å². The Morgan fingerprint density at radius 3 is 2.31 bits per heavy atom. The molecule has 3 nitrogen and oxygen atoms in total. The molecule has 0 saturated heterocycles. The van der Waals surface area contributed by atoms with Crippen molar-refractivity contribution >= 4 is 0 Å². The summed E-state index contributed by atoms with van der Waals surface area (Å²) in [5, 5.41) is 18.4. The molecule has 0 aliphatic carbocycles. The summed E-state index contributed by atoms with van der Waals surface area (Å²) in [7, 11) is 0. The lowest BCUT2D eigenvalue weighted by molar-refractivity contribution is 0.173. The van der Waals surface area contributed by atoms with E-state index in [9.17, 15) is 5.11 Å². The summed E-state index contributed by atoms with van der Waals surface area (Å²) in [5.41, 5.74) is 0.875. The number of nitriles is 1. The molecule has 0 bridgehead atoms. The number of hydrogen-bond donors (Lipinski definition) is 1. The van der Waals surface area contributed by atoms with Crippen molar-refractivity contribution in [3.05, 3.63) is 29.8 Å². The fourth-order valence-electron chi connectivity index (χ4n) is 1.37. The van der Waals surface area contributed by atoms with Crippen molar-refractivity contribution in [3.63, 3.8) is 0 Å². The molecule has 0 aliphatic heterocycles. The Balaban J connectivity index is 2.68. The van der Waals surface area contributed by atoms with E-state index in [0.717, 1.165) is 5.56 Å². The van der Waals surface area contributed by atoms with Crippen LogP contribution < -0.4 is 4.74 Å². The van der Waals surface area contributed by atoms with Crippen molar-refractivity contribution in [2.75, 3.05) is 0 Å². The van der Waals surface area contributed by atoms with E-state index in [-0.39, 0.29) is 0 Å². The third-order valence-corrected chi connectivity index (χ3v) is 2.44. The van der Waals surface area contributed by atoms with Crippen LogP contribution in [0.5, 0.6) is 5.75 Å². The summed E-state index contributed by atoms with van der Waals surface area (Å²) >= 11 is 0. The quantitative estimate of drug-likeness (QED) is 0.828. The topological polar surface area (TPSA) is 53.2 Å². The fourth-order valence-corrected chi connectivity index (χ4v) is 1.37. The van der Waals surface area contributed by atoms with Crippen molar-refractivity contribution in [1.29, 1.82) is 5.26 Å². The summed E-state index contributed by atoms with van der Waals surface area (Å²) in [6.07, 6.45) is 0.528. The van der Waals surface area contributed by atoms with Crippen LogP contribution >= 0.6 is 0 Å². The first-order valence-electron chi connectivity index (χ1n) is 5.55. The molecule has 1 N–H and O–H groups in total. The van der Waals surface area contributed by atoms with Gasteiger partial charge in [-0.2, -0.15) is 5.26 Å². The first-order chi connectivity index (χ1) is 7.71. The van der Waals surface area contributed by atoms with Gasteiger partial charge in [0.2, 0.25) is 0 Å². The van der Waals surface area contributed by atoms with Crippen LogP contribution in [-0.2, 0) is 0 Å². The summed E-state index contributed by atoms with van der Waals surface area (Å²) in [6, 6.07) is 9.30. The maximum absolute atomic E-state index is 9.60. The van der Waals surface area contributed by atoms with E-state index in [1.807, 2.05) is 26.0 Å². The lowest BCUT2D eigenvalue weighted by atomic mass is 10.1. The third kappa shape index (κ3) is 3.25. The highest BCUT2D eigenvalue weighted by molar-refractivity contribution is 5.29. The summed E-state index contributed by atoms with van der Waals surface area (Å²) < 4.78 is 5.44. The predicted octanol–water partition coefficient (Wildman–Crippen LogP) is 2.81. The first kappa shape index (κ1) is 12.5. The zero-order valence-electron chi connectivity index (χ0n) is 9.68. The Hall–Kier alpha value is -1.53. The van der Waals surface area contributed by atoms with Crippen LogP contribution in [0.3, 0.4) is 0 Å². The first-order valence-corrected chi connectivity index (χ1v) is 5.55. The number of aliphatic hydroxyl groups is 1. The molecule has 1 aromatic carbocycles. The second-order valence-electron chi connectivity index (χ2n) is 3.64. The van der Waals surface area contributed by atoms with E-state index in [0.29, 0.717) is 18.6 Å². The Morgan fingerprint density at radius 2 is 1.88 bits per heavy atom. The van der Waals surface area contributed by atoms with Gasteiger partial charge in [-0.25, -0.2) is 0 Å². The third-order valence-electron chi connectivity index (χ3n) is 2.44. The molecule has 2 atom stereocenters. The molecule has 0 aromatic heterocycles. The molecular weight excluding hydrogens is 202 g/mol. The minimum Gasteiger partial charge on any atom is -0.476 e. The molecule has 0 amide bonds. The highest BCUT2D eigenvalue weighted by atomic mass is 16.5. The Labute approximate surface area is 96.3 Å². The van der Waals surface area contributed by atoms with Crippen molar-refractivity contribution in [2.24, 2.45) is 0 Å². The van der Waals surface area contributed by atoms with Gasteiger partial charge < -0.3 is 9.84 Å². The highest BCUT2D eigenvalue weighted by Gasteiger charge is 2.07. The van der Waals surface area contributed by atoms with Crippen LogP contribution in [0.25, 0.3) is 0 Å². The Morgan fingerprint density at radius 1 is 1.25 bits per heavy atom. The van der Waals surface area contributed by atoms with Crippen molar-refractivity contribution in [2.45, 2.75) is 38.9 Å². The SMILES string of the molecule is CCC(C#N)Oc1ccc([C@H](O)CC)cc1. The average Bonchev–Trinajstić information content (AvgIpc) is 2.35. The number of nitrogens with zero attached hydrogens (tertiary/aromatic N) is 1. The van der Waals surface area contributed by atoms with E-state index in [2.05, 4.69) is 6.07 Å². The van der Waals surface area contributed by atoms with Gasteiger partial charge in [0.25, 0.3) is 0 Å². The zero-order valence-corrected chi connectivity index (χ0v) is 9.68. The van der Waals surface area contributed by atoms with Crippen molar-refractivity contribution in [1.82, 2.24) is 0 Å². The average molecular weight is 219 g/mol. The van der Waals surface area contributed by atoms with E-state index < -0.39 is 12.2 Å². The Kier molecular flexibility index (Phi) is 4.81. The van der Waals surface area contributed by atoms with Gasteiger partial charge in [-0.05, 0) is 30.5 Å². The molecule has 1 unspecified atom stereocenters. The molecule has 16 heavy (non-hydrogen) atoms. The summed E-state index contributed by atoms with van der Waals surface area (Å²) in [5.74, 6) is 0.667. The largest absolute Gasteiger partial charge is 0.476 e.